The molecule has 0 aromatic heterocycles. The van der Waals surface area contributed by atoms with Crippen LogP contribution in [-0.2, 0) is 14.4 Å². The van der Waals surface area contributed by atoms with Gasteiger partial charge in [0.2, 0.25) is 17.7 Å². The van der Waals surface area contributed by atoms with Crippen molar-refractivity contribution in [1.29, 1.82) is 0 Å². The molecular weight excluding hydrogens is 280 g/mol. The van der Waals surface area contributed by atoms with E-state index in [2.05, 4.69) is 6.58 Å². The highest BCUT2D eigenvalue weighted by Crippen LogP contribution is 2.38. The van der Waals surface area contributed by atoms with Crippen molar-refractivity contribution < 1.29 is 14.4 Å². The number of fused-ring (bicyclic) bond motifs is 1. The summed E-state index contributed by atoms with van der Waals surface area (Å²) in [7, 11) is 0. The first-order valence-corrected chi connectivity index (χ1v) is 8.18. The lowest BCUT2D eigenvalue weighted by molar-refractivity contribution is -0.150. The molecule has 1 saturated heterocycles. The molecule has 1 saturated carbocycles. The van der Waals surface area contributed by atoms with Crippen molar-refractivity contribution in [1.82, 2.24) is 9.80 Å². The van der Waals surface area contributed by atoms with Gasteiger partial charge >= 0.3 is 0 Å². The third kappa shape index (κ3) is 2.94. The van der Waals surface area contributed by atoms with Crippen LogP contribution < -0.4 is 0 Å². The predicted octanol–water partition coefficient (Wildman–Crippen LogP) is 1.97. The number of hydrogen-bond donors (Lipinski definition) is 0. The van der Waals surface area contributed by atoms with E-state index in [9.17, 15) is 14.4 Å². The van der Waals surface area contributed by atoms with Crippen molar-refractivity contribution in [2.45, 2.75) is 52.5 Å². The normalized spacial score (nSPS) is 25.9. The molecule has 3 amide bonds. The number of carbonyl (C=O) groups excluding carboxylic acids is 3. The number of nitrogens with zero attached hydrogens (tertiary/aromatic N) is 2. The second-order valence-corrected chi connectivity index (χ2v) is 6.53. The van der Waals surface area contributed by atoms with Gasteiger partial charge in [-0.05, 0) is 33.6 Å². The third-order valence-corrected chi connectivity index (χ3v) is 4.77. The van der Waals surface area contributed by atoms with E-state index in [0.29, 0.717) is 13.1 Å². The molecule has 2 fully saturated rings. The van der Waals surface area contributed by atoms with Crippen molar-refractivity contribution in [2.24, 2.45) is 11.8 Å². The first-order valence-electron chi connectivity index (χ1n) is 8.18. The van der Waals surface area contributed by atoms with Crippen molar-refractivity contribution in [2.75, 3.05) is 13.1 Å². The first kappa shape index (κ1) is 16.7. The fourth-order valence-electron chi connectivity index (χ4n) is 3.62. The highest BCUT2D eigenvalue weighted by Gasteiger charge is 2.51. The minimum Gasteiger partial charge on any atom is -0.337 e. The molecule has 5 heteroatoms. The van der Waals surface area contributed by atoms with Gasteiger partial charge in [0.15, 0.2) is 0 Å². The second kappa shape index (κ2) is 6.63. The zero-order valence-corrected chi connectivity index (χ0v) is 13.8. The lowest BCUT2D eigenvalue weighted by Crippen LogP contribution is -2.50. The standard InChI is InChI=1S/C17H26N2O3/c1-5-18(10-11(2)3)15(20)12(4)19-16(21)13-8-6-7-9-14(13)17(19)22/h12-14H,2,5-10H2,1,3-4H3. The van der Waals surface area contributed by atoms with E-state index >= 15 is 0 Å². The van der Waals surface area contributed by atoms with Gasteiger partial charge in [-0.15, -0.1) is 0 Å². The minimum atomic E-state index is -0.718. The molecule has 22 heavy (non-hydrogen) atoms. The minimum absolute atomic E-state index is 0.151. The van der Waals surface area contributed by atoms with E-state index < -0.39 is 6.04 Å². The Morgan fingerprint density at radius 1 is 1.27 bits per heavy atom. The number of rotatable bonds is 5. The molecule has 122 valence electrons. The Balaban J connectivity index is 2.15. The van der Waals surface area contributed by atoms with E-state index in [0.717, 1.165) is 31.3 Å². The predicted molar refractivity (Wildman–Crippen MR) is 83.8 cm³/mol. The van der Waals surface area contributed by atoms with Gasteiger partial charge in [0.1, 0.15) is 6.04 Å². The maximum atomic E-state index is 12.6. The fraction of sp³-hybridized carbons (Fsp3) is 0.706. The van der Waals surface area contributed by atoms with Crippen molar-refractivity contribution in [3.63, 3.8) is 0 Å². The van der Waals surface area contributed by atoms with E-state index in [4.69, 9.17) is 0 Å². The fourth-order valence-corrected chi connectivity index (χ4v) is 3.62. The summed E-state index contributed by atoms with van der Waals surface area (Å²) in [5, 5.41) is 0. The number of likely N-dealkylation sites (N-methyl/N-ethyl adjacent to an activating group) is 1. The maximum Gasteiger partial charge on any atom is 0.245 e. The molecule has 0 N–H and O–H groups in total. The Labute approximate surface area is 132 Å². The molecule has 5 nitrogen and oxygen atoms in total. The van der Waals surface area contributed by atoms with Gasteiger partial charge in [-0.25, -0.2) is 0 Å². The summed E-state index contributed by atoms with van der Waals surface area (Å²) in [4.78, 5) is 40.6. The summed E-state index contributed by atoms with van der Waals surface area (Å²) < 4.78 is 0. The number of likely N-dealkylation sites (tertiary alicyclic amines) is 1. The van der Waals surface area contributed by atoms with Gasteiger partial charge in [-0.3, -0.25) is 19.3 Å². The molecule has 0 aromatic rings. The molecule has 0 aromatic carbocycles. The Morgan fingerprint density at radius 3 is 2.18 bits per heavy atom. The monoisotopic (exact) mass is 306 g/mol. The zero-order valence-electron chi connectivity index (χ0n) is 13.8. The molecule has 1 aliphatic heterocycles. The van der Waals surface area contributed by atoms with Gasteiger partial charge in [0, 0.05) is 13.1 Å². The molecule has 1 aliphatic carbocycles. The summed E-state index contributed by atoms with van der Waals surface area (Å²) >= 11 is 0. The van der Waals surface area contributed by atoms with Gasteiger partial charge in [0.25, 0.3) is 0 Å². The summed E-state index contributed by atoms with van der Waals surface area (Å²) in [5.74, 6) is -0.880. The van der Waals surface area contributed by atoms with E-state index in [1.807, 2.05) is 13.8 Å². The van der Waals surface area contributed by atoms with Crippen LogP contribution >= 0.6 is 0 Å². The highest BCUT2D eigenvalue weighted by molar-refractivity contribution is 6.08. The number of carbonyl (C=O) groups is 3. The highest BCUT2D eigenvalue weighted by atomic mass is 16.2. The van der Waals surface area contributed by atoms with Crippen LogP contribution in [0.1, 0.15) is 46.5 Å². The van der Waals surface area contributed by atoms with E-state index in [-0.39, 0.29) is 29.6 Å². The van der Waals surface area contributed by atoms with Crippen molar-refractivity contribution in [3.05, 3.63) is 12.2 Å². The Morgan fingerprint density at radius 2 is 1.77 bits per heavy atom. The van der Waals surface area contributed by atoms with Crippen LogP contribution in [0.25, 0.3) is 0 Å². The van der Waals surface area contributed by atoms with Crippen LogP contribution in [0.4, 0.5) is 0 Å². The maximum absolute atomic E-state index is 12.6. The summed E-state index contributed by atoms with van der Waals surface area (Å²) in [6, 6.07) is -0.718. The molecule has 0 spiro atoms. The molecule has 2 rings (SSSR count). The topological polar surface area (TPSA) is 57.7 Å². The Bertz CT molecular complexity index is 476. The molecule has 0 radical (unpaired) electrons. The van der Waals surface area contributed by atoms with Gasteiger partial charge in [-0.2, -0.15) is 0 Å². The number of amides is 3. The molecule has 2 aliphatic rings. The van der Waals surface area contributed by atoms with Crippen LogP contribution in [0.2, 0.25) is 0 Å². The summed E-state index contributed by atoms with van der Waals surface area (Å²) in [6.07, 6.45) is 3.53. The Hall–Kier alpha value is -1.65. The third-order valence-electron chi connectivity index (χ3n) is 4.77. The molecular formula is C17H26N2O3. The molecule has 3 unspecified atom stereocenters. The smallest absolute Gasteiger partial charge is 0.245 e. The SMILES string of the molecule is C=C(C)CN(CC)C(=O)C(C)N1C(=O)C2CCCCC2C1=O. The van der Waals surface area contributed by atoms with E-state index in [1.54, 1.807) is 11.8 Å². The largest absolute Gasteiger partial charge is 0.337 e. The average molecular weight is 306 g/mol. The second-order valence-electron chi connectivity index (χ2n) is 6.53. The summed E-state index contributed by atoms with van der Waals surface area (Å²) in [5.41, 5.74) is 0.884. The first-order chi connectivity index (χ1) is 10.4. The van der Waals surface area contributed by atoms with Crippen LogP contribution in [0.5, 0.6) is 0 Å². The van der Waals surface area contributed by atoms with Gasteiger partial charge < -0.3 is 4.90 Å². The van der Waals surface area contributed by atoms with Crippen LogP contribution in [0.3, 0.4) is 0 Å². The van der Waals surface area contributed by atoms with Crippen LogP contribution in [0.15, 0.2) is 12.2 Å². The summed E-state index contributed by atoms with van der Waals surface area (Å²) in [6.45, 7) is 10.2. The zero-order chi connectivity index (χ0) is 16.4. The van der Waals surface area contributed by atoms with E-state index in [1.165, 1.54) is 4.90 Å². The average Bonchev–Trinajstić information content (AvgIpc) is 2.75. The molecule has 1 heterocycles. The Kier molecular flexibility index (Phi) is 5.04. The van der Waals surface area contributed by atoms with Crippen molar-refractivity contribution >= 4 is 17.7 Å². The van der Waals surface area contributed by atoms with Crippen LogP contribution in [-0.4, -0.2) is 46.7 Å². The quantitative estimate of drug-likeness (QED) is 0.576. The molecule has 3 atom stereocenters. The lowest BCUT2D eigenvalue weighted by Gasteiger charge is -2.29. The van der Waals surface area contributed by atoms with Gasteiger partial charge in [0.05, 0.1) is 11.8 Å². The number of imide groups is 1. The van der Waals surface area contributed by atoms with Gasteiger partial charge in [-0.1, -0.05) is 25.0 Å². The molecule has 0 bridgehead atoms. The lowest BCUT2D eigenvalue weighted by atomic mass is 9.81. The van der Waals surface area contributed by atoms with Crippen LogP contribution in [0, 0.1) is 11.8 Å². The number of hydrogen-bond acceptors (Lipinski definition) is 3. The van der Waals surface area contributed by atoms with Crippen molar-refractivity contribution in [3.8, 4) is 0 Å².